The molecule has 0 unspecified atom stereocenters. The van der Waals surface area contributed by atoms with Gasteiger partial charge in [-0.2, -0.15) is 0 Å². The molecule has 0 aliphatic carbocycles. The van der Waals surface area contributed by atoms with Crippen LogP contribution in [0.15, 0.2) is 29.1 Å². The predicted molar refractivity (Wildman–Crippen MR) is 89.8 cm³/mol. The summed E-state index contributed by atoms with van der Waals surface area (Å²) in [4.78, 5) is 22.2. The van der Waals surface area contributed by atoms with Crippen molar-refractivity contribution in [2.24, 2.45) is 0 Å². The highest BCUT2D eigenvalue weighted by Crippen LogP contribution is 2.19. The second-order valence-electron chi connectivity index (χ2n) is 6.34. The van der Waals surface area contributed by atoms with Crippen LogP contribution < -0.4 is 10.3 Å². The summed E-state index contributed by atoms with van der Waals surface area (Å²) in [5.41, 5.74) is 3.01. The average molecular weight is 313 g/mol. The third-order valence-electron chi connectivity index (χ3n) is 4.28. The minimum atomic E-state index is 0.0122. The van der Waals surface area contributed by atoms with Crippen LogP contribution >= 0.6 is 0 Å². The summed E-state index contributed by atoms with van der Waals surface area (Å²) in [6, 6.07) is 8.07. The summed E-state index contributed by atoms with van der Waals surface area (Å²) in [5.74, 6) is 1.89. The van der Waals surface area contributed by atoms with E-state index < -0.39 is 0 Å². The molecule has 0 fully saturated rings. The molecular formula is C18H23N3O2. The lowest BCUT2D eigenvalue weighted by atomic mass is 10.0. The molecule has 0 bridgehead atoms. The lowest BCUT2D eigenvalue weighted by Gasteiger charge is -2.28. The first-order valence-corrected chi connectivity index (χ1v) is 8.04. The second kappa shape index (κ2) is 6.54. The van der Waals surface area contributed by atoms with Crippen molar-refractivity contribution in [2.45, 2.75) is 39.3 Å². The molecule has 23 heavy (non-hydrogen) atoms. The molecule has 0 saturated heterocycles. The Morgan fingerprint density at radius 3 is 2.70 bits per heavy atom. The van der Waals surface area contributed by atoms with Crippen molar-refractivity contribution < 1.29 is 4.74 Å². The normalized spacial score (nSPS) is 14.8. The SMILES string of the molecule is COc1ccc(CN2CCc3nc(C(C)C)[nH]c(=O)c3C2)cc1. The number of aromatic amines is 1. The van der Waals surface area contributed by atoms with Gasteiger partial charge in [0.05, 0.1) is 18.4 Å². The number of rotatable bonds is 4. The molecule has 1 aliphatic heterocycles. The van der Waals surface area contributed by atoms with E-state index in [1.54, 1.807) is 7.11 Å². The first kappa shape index (κ1) is 15.7. The lowest BCUT2D eigenvalue weighted by molar-refractivity contribution is 0.241. The van der Waals surface area contributed by atoms with Crippen LogP contribution in [0.25, 0.3) is 0 Å². The van der Waals surface area contributed by atoms with Gasteiger partial charge in [0.1, 0.15) is 11.6 Å². The van der Waals surface area contributed by atoms with E-state index in [-0.39, 0.29) is 11.5 Å². The van der Waals surface area contributed by atoms with E-state index >= 15 is 0 Å². The van der Waals surface area contributed by atoms with Crippen LogP contribution in [-0.4, -0.2) is 28.5 Å². The Balaban J connectivity index is 1.76. The number of ether oxygens (including phenoxy) is 1. The van der Waals surface area contributed by atoms with Crippen LogP contribution in [0.2, 0.25) is 0 Å². The van der Waals surface area contributed by atoms with E-state index in [1.807, 2.05) is 26.0 Å². The van der Waals surface area contributed by atoms with Crippen LogP contribution in [0.3, 0.4) is 0 Å². The van der Waals surface area contributed by atoms with Gasteiger partial charge in [0.25, 0.3) is 5.56 Å². The molecule has 1 aromatic carbocycles. The zero-order valence-corrected chi connectivity index (χ0v) is 13.9. The highest BCUT2D eigenvalue weighted by Gasteiger charge is 2.21. The molecule has 1 aromatic heterocycles. The van der Waals surface area contributed by atoms with E-state index in [1.165, 1.54) is 5.56 Å². The van der Waals surface area contributed by atoms with Crippen molar-refractivity contribution in [3.8, 4) is 5.75 Å². The Labute approximate surface area is 136 Å². The van der Waals surface area contributed by atoms with Crippen molar-refractivity contribution >= 4 is 0 Å². The maximum atomic E-state index is 12.3. The molecule has 0 atom stereocenters. The molecule has 2 aromatic rings. The third-order valence-corrected chi connectivity index (χ3v) is 4.28. The molecule has 5 heteroatoms. The number of fused-ring (bicyclic) bond motifs is 1. The maximum Gasteiger partial charge on any atom is 0.255 e. The van der Waals surface area contributed by atoms with Gasteiger partial charge in [0, 0.05) is 32.0 Å². The number of benzene rings is 1. The van der Waals surface area contributed by atoms with Crippen molar-refractivity contribution in [3.63, 3.8) is 0 Å². The number of hydrogen-bond donors (Lipinski definition) is 1. The fourth-order valence-corrected chi connectivity index (χ4v) is 2.90. The Kier molecular flexibility index (Phi) is 4.48. The minimum absolute atomic E-state index is 0.0122. The molecule has 5 nitrogen and oxygen atoms in total. The number of aromatic nitrogens is 2. The zero-order chi connectivity index (χ0) is 16.4. The molecule has 1 aliphatic rings. The molecule has 0 radical (unpaired) electrons. The number of H-pyrrole nitrogens is 1. The summed E-state index contributed by atoms with van der Waals surface area (Å²) in [5, 5.41) is 0. The Hall–Kier alpha value is -2.14. The van der Waals surface area contributed by atoms with Gasteiger partial charge in [-0.15, -0.1) is 0 Å². The number of nitrogens with one attached hydrogen (secondary N) is 1. The monoisotopic (exact) mass is 313 g/mol. The van der Waals surface area contributed by atoms with Gasteiger partial charge in [-0.25, -0.2) is 4.98 Å². The second-order valence-corrected chi connectivity index (χ2v) is 6.34. The molecule has 1 N–H and O–H groups in total. The van der Waals surface area contributed by atoms with Gasteiger partial charge < -0.3 is 9.72 Å². The summed E-state index contributed by atoms with van der Waals surface area (Å²) >= 11 is 0. The van der Waals surface area contributed by atoms with Gasteiger partial charge in [-0.1, -0.05) is 26.0 Å². The quantitative estimate of drug-likeness (QED) is 0.942. The number of methoxy groups -OCH3 is 1. The number of nitrogens with zero attached hydrogens (tertiary/aromatic N) is 2. The predicted octanol–water partition coefficient (Wildman–Crippen LogP) is 2.46. The number of hydrogen-bond acceptors (Lipinski definition) is 4. The summed E-state index contributed by atoms with van der Waals surface area (Å²) in [6.45, 7) is 6.50. The van der Waals surface area contributed by atoms with Crippen molar-refractivity contribution in [2.75, 3.05) is 13.7 Å². The zero-order valence-electron chi connectivity index (χ0n) is 13.9. The van der Waals surface area contributed by atoms with Gasteiger partial charge >= 0.3 is 0 Å². The Morgan fingerprint density at radius 1 is 1.30 bits per heavy atom. The molecular weight excluding hydrogens is 290 g/mol. The van der Waals surface area contributed by atoms with E-state index in [9.17, 15) is 4.79 Å². The first-order valence-electron chi connectivity index (χ1n) is 8.04. The fourth-order valence-electron chi connectivity index (χ4n) is 2.90. The van der Waals surface area contributed by atoms with Gasteiger partial charge in [0.2, 0.25) is 0 Å². The van der Waals surface area contributed by atoms with E-state index in [0.29, 0.717) is 6.54 Å². The summed E-state index contributed by atoms with van der Waals surface area (Å²) < 4.78 is 5.18. The van der Waals surface area contributed by atoms with E-state index in [2.05, 4.69) is 27.0 Å². The van der Waals surface area contributed by atoms with Crippen molar-refractivity contribution in [1.29, 1.82) is 0 Å². The van der Waals surface area contributed by atoms with Crippen molar-refractivity contribution in [3.05, 3.63) is 57.3 Å². The average Bonchev–Trinajstić information content (AvgIpc) is 2.56. The van der Waals surface area contributed by atoms with Gasteiger partial charge in [-0.05, 0) is 17.7 Å². The largest absolute Gasteiger partial charge is 0.497 e. The maximum absolute atomic E-state index is 12.3. The molecule has 0 saturated carbocycles. The van der Waals surface area contributed by atoms with Crippen LogP contribution in [-0.2, 0) is 19.5 Å². The minimum Gasteiger partial charge on any atom is -0.497 e. The van der Waals surface area contributed by atoms with E-state index in [0.717, 1.165) is 42.3 Å². The van der Waals surface area contributed by atoms with Crippen LogP contribution in [0.5, 0.6) is 5.75 Å². The first-order chi connectivity index (χ1) is 11.1. The third kappa shape index (κ3) is 3.45. The molecule has 2 heterocycles. The smallest absolute Gasteiger partial charge is 0.255 e. The highest BCUT2D eigenvalue weighted by molar-refractivity contribution is 5.28. The molecule has 0 spiro atoms. The molecule has 3 rings (SSSR count). The highest BCUT2D eigenvalue weighted by atomic mass is 16.5. The van der Waals surface area contributed by atoms with Crippen LogP contribution in [0.1, 0.15) is 42.4 Å². The standard InChI is InChI=1S/C18H23N3O2/c1-12(2)17-19-16-8-9-21(11-15(16)18(22)20-17)10-13-4-6-14(23-3)7-5-13/h4-7,12H,8-11H2,1-3H3,(H,19,20,22). The Morgan fingerprint density at radius 2 is 2.04 bits per heavy atom. The lowest BCUT2D eigenvalue weighted by Crippen LogP contribution is -2.35. The van der Waals surface area contributed by atoms with Crippen LogP contribution in [0.4, 0.5) is 0 Å². The van der Waals surface area contributed by atoms with Crippen molar-refractivity contribution in [1.82, 2.24) is 14.9 Å². The fraction of sp³-hybridized carbons (Fsp3) is 0.444. The van der Waals surface area contributed by atoms with E-state index in [4.69, 9.17) is 4.74 Å². The van der Waals surface area contributed by atoms with Crippen LogP contribution in [0, 0.1) is 0 Å². The molecule has 0 amide bonds. The topological polar surface area (TPSA) is 58.2 Å². The summed E-state index contributed by atoms with van der Waals surface area (Å²) in [6.07, 6.45) is 0.829. The molecule has 122 valence electrons. The van der Waals surface area contributed by atoms with Gasteiger partial charge in [0.15, 0.2) is 0 Å². The summed E-state index contributed by atoms with van der Waals surface area (Å²) in [7, 11) is 1.67. The van der Waals surface area contributed by atoms with Gasteiger partial charge in [-0.3, -0.25) is 9.69 Å². The Bertz CT molecular complexity index is 735.